The number of fused-ring (bicyclic) bond motifs is 2. The first kappa shape index (κ1) is 29.7. The molecule has 4 heterocycles. The zero-order chi connectivity index (χ0) is 27.7. The van der Waals surface area contributed by atoms with Gasteiger partial charge in [0.2, 0.25) is 5.82 Å². The van der Waals surface area contributed by atoms with Crippen LogP contribution in [0, 0.1) is 0 Å². The number of ether oxygens (including phenoxy) is 1. The lowest BCUT2D eigenvalue weighted by molar-refractivity contribution is -0.147. The van der Waals surface area contributed by atoms with Crippen molar-refractivity contribution in [1.82, 2.24) is 30.0 Å². The topological polar surface area (TPSA) is 77.8 Å². The molecule has 0 bridgehead atoms. The Bertz CT molecular complexity index is 1180. The van der Waals surface area contributed by atoms with Gasteiger partial charge >= 0.3 is 12.2 Å². The van der Waals surface area contributed by atoms with Crippen molar-refractivity contribution < 1.29 is 17.9 Å². The SMILES string of the molecule is CCCCCCCCCCNCCOc1nc(C2CCn3c(nnc3C(F)(F)F)C2)c2cc(CCC)sc2n1. The molecule has 7 nitrogen and oxygen atoms in total. The number of hydrogen-bond acceptors (Lipinski definition) is 7. The molecule has 0 spiro atoms. The lowest BCUT2D eigenvalue weighted by Gasteiger charge is -2.24. The number of hydrogen-bond donors (Lipinski definition) is 1. The van der Waals surface area contributed by atoms with Gasteiger partial charge in [0.15, 0.2) is 0 Å². The third-order valence-electron chi connectivity index (χ3n) is 7.26. The molecular formula is C28H41F3N6OS. The highest BCUT2D eigenvalue weighted by Crippen LogP contribution is 2.38. The number of rotatable bonds is 16. The first-order valence-corrected chi connectivity index (χ1v) is 15.4. The summed E-state index contributed by atoms with van der Waals surface area (Å²) in [4.78, 5) is 11.6. The van der Waals surface area contributed by atoms with Crippen LogP contribution in [0.3, 0.4) is 0 Å². The molecule has 39 heavy (non-hydrogen) atoms. The van der Waals surface area contributed by atoms with Crippen molar-refractivity contribution in [3.63, 3.8) is 0 Å². The van der Waals surface area contributed by atoms with Crippen molar-refractivity contribution in [2.24, 2.45) is 0 Å². The summed E-state index contributed by atoms with van der Waals surface area (Å²) in [7, 11) is 0. The lowest BCUT2D eigenvalue weighted by Crippen LogP contribution is -2.24. The zero-order valence-corrected chi connectivity index (χ0v) is 24.0. The monoisotopic (exact) mass is 566 g/mol. The van der Waals surface area contributed by atoms with Gasteiger partial charge in [0.1, 0.15) is 17.3 Å². The molecule has 0 fully saturated rings. The Labute approximate surface area is 233 Å². The number of nitrogens with one attached hydrogen (secondary N) is 1. The van der Waals surface area contributed by atoms with Crippen LogP contribution in [0.4, 0.5) is 13.2 Å². The fourth-order valence-corrected chi connectivity index (χ4v) is 6.34. The van der Waals surface area contributed by atoms with E-state index < -0.39 is 12.0 Å². The van der Waals surface area contributed by atoms with Crippen molar-refractivity contribution >= 4 is 21.6 Å². The number of nitrogens with zero attached hydrogens (tertiary/aromatic N) is 5. The quantitative estimate of drug-likeness (QED) is 0.187. The number of thiophene rings is 1. The molecule has 0 aliphatic carbocycles. The van der Waals surface area contributed by atoms with E-state index in [0.29, 0.717) is 37.8 Å². The predicted molar refractivity (Wildman–Crippen MR) is 148 cm³/mol. The fourth-order valence-electron chi connectivity index (χ4n) is 5.21. The summed E-state index contributed by atoms with van der Waals surface area (Å²) in [6.07, 6.45) is 8.73. The summed E-state index contributed by atoms with van der Waals surface area (Å²) in [5.74, 6) is -0.644. The van der Waals surface area contributed by atoms with Crippen LogP contribution in [0.5, 0.6) is 6.01 Å². The van der Waals surface area contributed by atoms with Gasteiger partial charge in [-0.25, -0.2) is 0 Å². The summed E-state index contributed by atoms with van der Waals surface area (Å²) in [6, 6.07) is 2.47. The van der Waals surface area contributed by atoms with Gasteiger partial charge in [-0.2, -0.15) is 23.1 Å². The third kappa shape index (κ3) is 8.13. The summed E-state index contributed by atoms with van der Waals surface area (Å²) in [5, 5.41) is 11.7. The molecule has 1 aliphatic heterocycles. The molecule has 0 radical (unpaired) electrons. The highest BCUT2D eigenvalue weighted by Gasteiger charge is 2.40. The fraction of sp³-hybridized carbons (Fsp3) is 0.714. The number of aryl methyl sites for hydroxylation is 1. The molecule has 1 N–H and O–H groups in total. The third-order valence-corrected chi connectivity index (χ3v) is 8.35. The summed E-state index contributed by atoms with van der Waals surface area (Å²) in [5.41, 5.74) is 0.836. The van der Waals surface area contributed by atoms with Crippen molar-refractivity contribution in [1.29, 1.82) is 0 Å². The molecule has 0 aromatic carbocycles. The second-order valence-electron chi connectivity index (χ2n) is 10.4. The van der Waals surface area contributed by atoms with Crippen molar-refractivity contribution in [3.05, 3.63) is 28.3 Å². The van der Waals surface area contributed by atoms with E-state index in [1.54, 1.807) is 11.3 Å². The van der Waals surface area contributed by atoms with Gasteiger partial charge in [0.05, 0.1) is 5.69 Å². The average Bonchev–Trinajstić information content (AvgIpc) is 3.52. The maximum absolute atomic E-state index is 13.3. The van der Waals surface area contributed by atoms with E-state index in [0.717, 1.165) is 41.7 Å². The van der Waals surface area contributed by atoms with E-state index in [4.69, 9.17) is 9.72 Å². The minimum absolute atomic E-state index is 0.0696. The van der Waals surface area contributed by atoms with Gasteiger partial charge in [0.25, 0.3) is 0 Å². The lowest BCUT2D eigenvalue weighted by atomic mass is 9.92. The van der Waals surface area contributed by atoms with Gasteiger partial charge in [-0.15, -0.1) is 21.5 Å². The average molecular weight is 567 g/mol. The van der Waals surface area contributed by atoms with Gasteiger partial charge in [-0.3, -0.25) is 0 Å². The van der Waals surface area contributed by atoms with Crippen LogP contribution in [0.2, 0.25) is 0 Å². The second kappa shape index (κ2) is 14.4. The molecule has 216 valence electrons. The van der Waals surface area contributed by atoms with Crippen LogP contribution >= 0.6 is 11.3 Å². The maximum atomic E-state index is 13.3. The number of aromatic nitrogens is 5. The molecule has 3 aromatic heterocycles. The molecule has 1 unspecified atom stereocenters. The molecular weight excluding hydrogens is 525 g/mol. The van der Waals surface area contributed by atoms with E-state index in [1.165, 1.54) is 54.4 Å². The van der Waals surface area contributed by atoms with Crippen LogP contribution < -0.4 is 10.1 Å². The molecule has 0 saturated heterocycles. The van der Waals surface area contributed by atoms with Crippen LogP contribution in [-0.4, -0.2) is 44.4 Å². The van der Waals surface area contributed by atoms with Gasteiger partial charge in [-0.05, 0) is 31.9 Å². The predicted octanol–water partition coefficient (Wildman–Crippen LogP) is 7.09. The normalized spacial score (nSPS) is 15.7. The maximum Gasteiger partial charge on any atom is 0.451 e. The number of unbranched alkanes of at least 4 members (excludes halogenated alkanes) is 7. The van der Waals surface area contributed by atoms with Crippen LogP contribution in [0.1, 0.15) is 106 Å². The van der Waals surface area contributed by atoms with Crippen LogP contribution in [0.15, 0.2) is 6.07 Å². The molecule has 1 atom stereocenters. The number of halogens is 3. The minimum atomic E-state index is -4.51. The van der Waals surface area contributed by atoms with Crippen molar-refractivity contribution in [2.75, 3.05) is 19.7 Å². The highest BCUT2D eigenvalue weighted by atomic mass is 32.1. The zero-order valence-electron chi connectivity index (χ0n) is 23.2. The minimum Gasteiger partial charge on any atom is -0.462 e. The largest absolute Gasteiger partial charge is 0.462 e. The van der Waals surface area contributed by atoms with Crippen molar-refractivity contribution in [2.45, 2.75) is 110 Å². The van der Waals surface area contributed by atoms with E-state index >= 15 is 0 Å². The highest BCUT2D eigenvalue weighted by molar-refractivity contribution is 7.18. The Morgan fingerprint density at radius 3 is 2.51 bits per heavy atom. The summed E-state index contributed by atoms with van der Waals surface area (Å²) in [6.45, 7) is 6.73. The van der Waals surface area contributed by atoms with E-state index in [1.807, 2.05) is 0 Å². The smallest absolute Gasteiger partial charge is 0.451 e. The Balaban J connectivity index is 1.34. The van der Waals surface area contributed by atoms with E-state index in [-0.39, 0.29) is 12.5 Å². The van der Waals surface area contributed by atoms with E-state index in [2.05, 4.69) is 40.4 Å². The molecule has 0 saturated carbocycles. The molecule has 1 aliphatic rings. The van der Waals surface area contributed by atoms with Crippen molar-refractivity contribution in [3.8, 4) is 6.01 Å². The standard InChI is InChI=1S/C28H41F3N6OS/c1-3-5-6-7-8-9-10-11-14-32-15-17-38-27-33-24(22-19-21(12-4-2)39-25(22)34-27)20-13-16-37-23(18-20)35-36-26(37)28(29,30)31/h19-20,32H,3-18H2,1-2H3. The Kier molecular flexibility index (Phi) is 11.0. The Hall–Kier alpha value is -2.27. The van der Waals surface area contributed by atoms with Gasteiger partial charge in [-0.1, -0.05) is 65.2 Å². The summed E-state index contributed by atoms with van der Waals surface area (Å²) >= 11 is 1.64. The Morgan fingerprint density at radius 1 is 1.00 bits per heavy atom. The van der Waals surface area contributed by atoms with Gasteiger partial charge < -0.3 is 14.6 Å². The first-order valence-electron chi connectivity index (χ1n) is 14.5. The molecule has 0 amide bonds. The number of alkyl halides is 3. The first-order chi connectivity index (χ1) is 18.9. The van der Waals surface area contributed by atoms with Crippen LogP contribution in [0.25, 0.3) is 10.2 Å². The summed E-state index contributed by atoms with van der Waals surface area (Å²) < 4.78 is 47.1. The molecule has 3 aromatic rings. The second-order valence-corrected chi connectivity index (χ2v) is 11.5. The van der Waals surface area contributed by atoms with Gasteiger partial charge in [0, 0.05) is 35.7 Å². The molecule has 4 rings (SSSR count). The van der Waals surface area contributed by atoms with E-state index in [9.17, 15) is 13.2 Å². The van der Waals surface area contributed by atoms with Crippen LogP contribution in [-0.2, 0) is 25.6 Å². The molecule has 11 heteroatoms. The Morgan fingerprint density at radius 2 is 1.77 bits per heavy atom.